The summed E-state index contributed by atoms with van der Waals surface area (Å²) in [5.74, 6) is -0.529. The largest absolute Gasteiger partial charge is 0.368 e. The second-order valence-corrected chi connectivity index (χ2v) is 12.1. The Morgan fingerprint density at radius 2 is 1.74 bits per heavy atom. The summed E-state index contributed by atoms with van der Waals surface area (Å²) in [5, 5.41) is 0.400. The summed E-state index contributed by atoms with van der Waals surface area (Å²) >= 11 is 1.22. The van der Waals surface area contributed by atoms with Crippen LogP contribution in [0.2, 0.25) is 0 Å². The highest BCUT2D eigenvalue weighted by atomic mass is 32.1. The third-order valence-electron chi connectivity index (χ3n) is 8.84. The van der Waals surface area contributed by atoms with Gasteiger partial charge in [-0.15, -0.1) is 11.3 Å². The average molecular weight is 543 g/mol. The molecule has 0 spiro atoms. The van der Waals surface area contributed by atoms with E-state index in [1.54, 1.807) is 11.8 Å². The van der Waals surface area contributed by atoms with Gasteiger partial charge in [0.1, 0.15) is 16.9 Å². The molecular weight excluding hydrogens is 504 g/mol. The van der Waals surface area contributed by atoms with Crippen LogP contribution >= 0.6 is 11.3 Å². The molecule has 38 heavy (non-hydrogen) atoms. The standard InChI is InChI=1S/C27H38N6O4S/c1-18-8-4-7-13-33(18)20(34)16-31-17-29-23-21(24(31)35)19(2)22(38-23)25(36)30-14-9-27(10-15-30,26(28)37)32-11-5-3-6-12-32/h17-18H,3-16H2,1-2H3,(H2,28,37). The number of rotatable bonds is 5. The van der Waals surface area contributed by atoms with Crippen LogP contribution in [0.5, 0.6) is 0 Å². The summed E-state index contributed by atoms with van der Waals surface area (Å²) in [6, 6.07) is 0.170. The normalized spacial score (nSPS) is 22.5. The number of amides is 3. The van der Waals surface area contributed by atoms with Crippen molar-refractivity contribution in [1.29, 1.82) is 0 Å². The molecule has 3 aliphatic heterocycles. The number of nitrogens with two attached hydrogens (primary N) is 1. The van der Waals surface area contributed by atoms with Crippen LogP contribution in [0.1, 0.15) is 73.5 Å². The van der Waals surface area contributed by atoms with E-state index in [1.165, 1.54) is 28.7 Å². The number of primary amides is 1. The van der Waals surface area contributed by atoms with Crippen molar-refractivity contribution in [2.24, 2.45) is 5.73 Å². The third kappa shape index (κ3) is 4.75. The van der Waals surface area contributed by atoms with Crippen molar-refractivity contribution in [2.75, 3.05) is 32.7 Å². The smallest absolute Gasteiger partial charge is 0.264 e. The van der Waals surface area contributed by atoms with E-state index in [0.717, 1.165) is 45.2 Å². The van der Waals surface area contributed by atoms with Gasteiger partial charge < -0.3 is 15.5 Å². The molecule has 0 saturated carbocycles. The molecule has 2 aromatic rings. The molecule has 206 valence electrons. The van der Waals surface area contributed by atoms with Crippen molar-refractivity contribution in [3.8, 4) is 0 Å². The van der Waals surface area contributed by atoms with Crippen LogP contribution in [0, 0.1) is 6.92 Å². The first-order valence-electron chi connectivity index (χ1n) is 13.8. The van der Waals surface area contributed by atoms with E-state index < -0.39 is 5.54 Å². The lowest BCUT2D eigenvalue weighted by Crippen LogP contribution is -2.63. The summed E-state index contributed by atoms with van der Waals surface area (Å²) < 4.78 is 1.36. The minimum absolute atomic E-state index is 0.0531. The predicted molar refractivity (Wildman–Crippen MR) is 146 cm³/mol. The first-order valence-corrected chi connectivity index (χ1v) is 14.7. The number of nitrogens with zero attached hydrogens (tertiary/aromatic N) is 5. The number of thiophene rings is 1. The van der Waals surface area contributed by atoms with Crippen molar-refractivity contribution in [3.63, 3.8) is 0 Å². The highest BCUT2D eigenvalue weighted by molar-refractivity contribution is 7.20. The van der Waals surface area contributed by atoms with Crippen LogP contribution in [0.15, 0.2) is 11.1 Å². The molecule has 0 radical (unpaired) electrons. The van der Waals surface area contributed by atoms with E-state index >= 15 is 0 Å². The van der Waals surface area contributed by atoms with E-state index in [0.29, 0.717) is 53.1 Å². The van der Waals surface area contributed by atoms with E-state index in [-0.39, 0.29) is 35.9 Å². The first-order chi connectivity index (χ1) is 18.2. The lowest BCUT2D eigenvalue weighted by molar-refractivity contribution is -0.135. The van der Waals surface area contributed by atoms with Gasteiger partial charge in [-0.1, -0.05) is 6.42 Å². The minimum atomic E-state index is -0.694. The van der Waals surface area contributed by atoms with E-state index in [2.05, 4.69) is 9.88 Å². The monoisotopic (exact) mass is 542 g/mol. The zero-order chi connectivity index (χ0) is 27.0. The molecule has 3 fully saturated rings. The lowest BCUT2D eigenvalue weighted by atomic mass is 9.83. The Labute approximate surface area is 226 Å². The maximum Gasteiger partial charge on any atom is 0.264 e. The van der Waals surface area contributed by atoms with Crippen molar-refractivity contribution in [2.45, 2.75) is 83.3 Å². The second kappa shape index (κ2) is 10.8. The minimum Gasteiger partial charge on any atom is -0.368 e. The van der Waals surface area contributed by atoms with Gasteiger partial charge in [0.25, 0.3) is 11.5 Å². The van der Waals surface area contributed by atoms with Crippen molar-refractivity contribution in [1.82, 2.24) is 24.3 Å². The number of likely N-dealkylation sites (tertiary alicyclic amines) is 3. The van der Waals surface area contributed by atoms with E-state index in [9.17, 15) is 19.2 Å². The molecule has 10 nitrogen and oxygen atoms in total. The fourth-order valence-electron chi connectivity index (χ4n) is 6.44. The van der Waals surface area contributed by atoms with Gasteiger partial charge in [0.15, 0.2) is 0 Å². The fraction of sp³-hybridized carbons (Fsp3) is 0.667. The zero-order valence-corrected chi connectivity index (χ0v) is 23.2. The molecule has 11 heteroatoms. The molecule has 3 saturated heterocycles. The van der Waals surface area contributed by atoms with Gasteiger partial charge in [-0.05, 0) is 77.4 Å². The molecule has 0 aliphatic carbocycles. The summed E-state index contributed by atoms with van der Waals surface area (Å²) in [4.78, 5) is 63.7. The van der Waals surface area contributed by atoms with Crippen molar-refractivity contribution >= 4 is 39.3 Å². The number of aromatic nitrogens is 2. The van der Waals surface area contributed by atoms with Crippen molar-refractivity contribution < 1.29 is 14.4 Å². The molecule has 1 atom stereocenters. The number of aryl methyl sites for hydroxylation is 1. The zero-order valence-electron chi connectivity index (χ0n) is 22.4. The van der Waals surface area contributed by atoms with E-state index in [1.807, 2.05) is 11.8 Å². The molecule has 1 unspecified atom stereocenters. The van der Waals surface area contributed by atoms with Crippen LogP contribution < -0.4 is 11.3 Å². The number of carbonyl (C=O) groups excluding carboxylic acids is 3. The van der Waals surface area contributed by atoms with Gasteiger partial charge in [-0.3, -0.25) is 28.6 Å². The topological polar surface area (TPSA) is 122 Å². The van der Waals surface area contributed by atoms with Crippen LogP contribution in [0.25, 0.3) is 10.2 Å². The Morgan fingerprint density at radius 3 is 2.39 bits per heavy atom. The third-order valence-corrected chi connectivity index (χ3v) is 10.0. The highest BCUT2D eigenvalue weighted by Crippen LogP contribution is 2.34. The quantitative estimate of drug-likeness (QED) is 0.618. The van der Waals surface area contributed by atoms with Gasteiger partial charge in [0.05, 0.1) is 16.6 Å². The van der Waals surface area contributed by atoms with Crippen LogP contribution in [0.4, 0.5) is 0 Å². The molecule has 3 aliphatic rings. The molecule has 5 heterocycles. The number of piperidine rings is 3. The summed E-state index contributed by atoms with van der Waals surface area (Å²) in [5.41, 5.74) is 5.52. The Kier molecular flexibility index (Phi) is 7.59. The fourth-order valence-corrected chi connectivity index (χ4v) is 7.55. The predicted octanol–water partition coefficient (Wildman–Crippen LogP) is 2.11. The molecule has 0 aromatic carbocycles. The SMILES string of the molecule is Cc1c(C(=O)N2CCC(C(N)=O)(N3CCCCC3)CC2)sc2ncn(CC(=O)N3CCCCC3C)c(=O)c12. The molecule has 5 rings (SSSR count). The molecule has 2 aromatic heterocycles. The maximum absolute atomic E-state index is 13.6. The number of carbonyl (C=O) groups is 3. The van der Waals surface area contributed by atoms with E-state index in [4.69, 9.17) is 5.73 Å². The Bertz CT molecular complexity index is 1290. The molecular formula is C27H38N6O4S. The van der Waals surface area contributed by atoms with Gasteiger partial charge in [0, 0.05) is 25.7 Å². The highest BCUT2D eigenvalue weighted by Gasteiger charge is 2.46. The first kappa shape index (κ1) is 26.8. The average Bonchev–Trinajstić information content (AvgIpc) is 3.27. The van der Waals surface area contributed by atoms with Crippen molar-refractivity contribution in [3.05, 3.63) is 27.1 Å². The van der Waals surface area contributed by atoms with Gasteiger partial charge >= 0.3 is 0 Å². The van der Waals surface area contributed by atoms with Crippen LogP contribution in [-0.2, 0) is 16.1 Å². The van der Waals surface area contributed by atoms with Crippen LogP contribution in [-0.4, -0.2) is 86.3 Å². The summed E-state index contributed by atoms with van der Waals surface area (Å²) in [7, 11) is 0. The Morgan fingerprint density at radius 1 is 1.05 bits per heavy atom. The molecule has 2 N–H and O–H groups in total. The number of hydrogen-bond acceptors (Lipinski definition) is 7. The Balaban J connectivity index is 1.33. The van der Waals surface area contributed by atoms with Gasteiger partial charge in [-0.25, -0.2) is 4.98 Å². The van der Waals surface area contributed by atoms with Crippen LogP contribution in [0.3, 0.4) is 0 Å². The Hall–Kier alpha value is -2.79. The second-order valence-electron chi connectivity index (χ2n) is 11.1. The molecule has 3 amide bonds. The summed E-state index contributed by atoms with van der Waals surface area (Å²) in [6.45, 7) is 7.08. The van der Waals surface area contributed by atoms with Gasteiger partial charge in [0.2, 0.25) is 11.8 Å². The summed E-state index contributed by atoms with van der Waals surface area (Å²) in [6.07, 6.45) is 8.80. The van der Waals surface area contributed by atoms with Gasteiger partial charge in [-0.2, -0.15) is 0 Å². The lowest BCUT2D eigenvalue weighted by Gasteiger charge is -2.48. The molecule has 0 bridgehead atoms. The maximum atomic E-state index is 13.6. The number of hydrogen-bond donors (Lipinski definition) is 1. The number of fused-ring (bicyclic) bond motifs is 1.